The van der Waals surface area contributed by atoms with Gasteiger partial charge in [0.05, 0.1) is 11.6 Å². The summed E-state index contributed by atoms with van der Waals surface area (Å²) in [6.45, 7) is 6.20. The first-order chi connectivity index (χ1) is 17.2. The standard InChI is InChI=1S/C28H31F3N2O4/c1-25(2)17-10-11-26(25,3)20(13-17)37-24(35)23-21(16-7-4-6-15(12-16)14-32)22-18(8-5-9-19(22)34)33-27(23,36)28(29,30)31/h4,6-7,12,17,20-21,23,33,36H,5,8-11,13H2,1-3H3. The van der Waals surface area contributed by atoms with Crippen LogP contribution in [0.4, 0.5) is 13.2 Å². The molecule has 0 radical (unpaired) electrons. The number of nitriles is 1. The van der Waals surface area contributed by atoms with Crippen LogP contribution < -0.4 is 5.32 Å². The van der Waals surface area contributed by atoms with E-state index in [4.69, 9.17) is 4.74 Å². The maximum Gasteiger partial charge on any atom is 0.437 e. The van der Waals surface area contributed by atoms with Crippen molar-refractivity contribution >= 4 is 11.8 Å². The molecule has 6 unspecified atom stereocenters. The molecular weight excluding hydrogens is 485 g/mol. The quantitative estimate of drug-likeness (QED) is 0.556. The Kier molecular flexibility index (Phi) is 5.80. The van der Waals surface area contributed by atoms with Crippen LogP contribution in [0, 0.1) is 34.0 Å². The summed E-state index contributed by atoms with van der Waals surface area (Å²) < 4.78 is 49.7. The fourth-order valence-corrected chi connectivity index (χ4v) is 7.31. The Bertz CT molecular complexity index is 1230. The van der Waals surface area contributed by atoms with Crippen LogP contribution in [-0.2, 0) is 14.3 Å². The summed E-state index contributed by atoms with van der Waals surface area (Å²) in [5, 5.41) is 22.8. The molecule has 37 heavy (non-hydrogen) atoms. The Balaban J connectivity index is 1.64. The zero-order chi connectivity index (χ0) is 27.0. The van der Waals surface area contributed by atoms with Gasteiger partial charge in [-0.3, -0.25) is 9.59 Å². The van der Waals surface area contributed by atoms with E-state index in [-0.39, 0.29) is 52.4 Å². The predicted molar refractivity (Wildman–Crippen MR) is 127 cm³/mol. The first kappa shape index (κ1) is 25.8. The molecule has 2 saturated carbocycles. The maximum absolute atomic E-state index is 14.6. The smallest absolute Gasteiger partial charge is 0.437 e. The first-order valence-corrected chi connectivity index (χ1v) is 12.8. The van der Waals surface area contributed by atoms with E-state index in [2.05, 4.69) is 19.2 Å². The van der Waals surface area contributed by atoms with Crippen LogP contribution >= 0.6 is 0 Å². The van der Waals surface area contributed by atoms with Crippen LogP contribution in [0.1, 0.15) is 76.3 Å². The minimum atomic E-state index is -5.25. The minimum absolute atomic E-state index is 0.0134. The molecule has 5 rings (SSSR count). The predicted octanol–water partition coefficient (Wildman–Crippen LogP) is 4.88. The molecule has 1 aliphatic heterocycles. The number of Topliss-reactive ketones (excluding diaryl/α,β-unsaturated/α-hetero) is 1. The zero-order valence-corrected chi connectivity index (χ0v) is 21.1. The van der Waals surface area contributed by atoms with Gasteiger partial charge in [0.2, 0.25) is 5.72 Å². The Morgan fingerprint density at radius 2 is 1.97 bits per heavy atom. The van der Waals surface area contributed by atoms with Crippen LogP contribution in [0.3, 0.4) is 0 Å². The molecule has 1 aromatic rings. The fourth-order valence-electron chi connectivity index (χ4n) is 7.31. The lowest BCUT2D eigenvalue weighted by atomic mass is 9.67. The molecule has 9 heteroatoms. The molecule has 6 nitrogen and oxygen atoms in total. The topological polar surface area (TPSA) is 99.4 Å². The average Bonchev–Trinajstić information content (AvgIpc) is 3.16. The molecule has 1 aromatic carbocycles. The number of hydrogen-bond donors (Lipinski definition) is 2. The van der Waals surface area contributed by atoms with E-state index in [1.807, 2.05) is 13.0 Å². The highest BCUT2D eigenvalue weighted by Crippen LogP contribution is 2.66. The number of rotatable bonds is 3. The number of fused-ring (bicyclic) bond motifs is 2. The molecule has 0 amide bonds. The van der Waals surface area contributed by atoms with Gasteiger partial charge in [0.1, 0.15) is 12.0 Å². The van der Waals surface area contributed by atoms with Gasteiger partial charge in [-0.1, -0.05) is 32.9 Å². The SMILES string of the molecule is CC1(C)C2CCC1(C)C(OC(=O)C1C(c3cccc(C#N)c3)C3=C(CCCC3=O)NC1(O)C(F)(F)F)C2. The number of carbonyl (C=O) groups excluding carboxylic acids is 2. The van der Waals surface area contributed by atoms with Crippen LogP contribution in [0.2, 0.25) is 0 Å². The Morgan fingerprint density at radius 1 is 1.24 bits per heavy atom. The normalized spacial score (nSPS) is 36.5. The number of hydrogen-bond acceptors (Lipinski definition) is 6. The van der Waals surface area contributed by atoms with Gasteiger partial charge in [-0.15, -0.1) is 0 Å². The highest BCUT2D eigenvalue weighted by atomic mass is 19.4. The van der Waals surface area contributed by atoms with Crippen LogP contribution in [0.15, 0.2) is 35.5 Å². The number of allylic oxidation sites excluding steroid dienone is 2. The van der Waals surface area contributed by atoms with Gasteiger partial charge in [0.15, 0.2) is 5.78 Å². The van der Waals surface area contributed by atoms with E-state index >= 15 is 0 Å². The zero-order valence-electron chi connectivity index (χ0n) is 21.1. The van der Waals surface area contributed by atoms with Crippen molar-refractivity contribution < 1.29 is 32.6 Å². The van der Waals surface area contributed by atoms with Gasteiger partial charge in [0.25, 0.3) is 0 Å². The third-order valence-electron chi connectivity index (χ3n) is 9.93. The maximum atomic E-state index is 14.6. The van der Waals surface area contributed by atoms with Gasteiger partial charge in [0, 0.05) is 29.0 Å². The van der Waals surface area contributed by atoms with Crippen molar-refractivity contribution in [2.75, 3.05) is 0 Å². The van der Waals surface area contributed by atoms with E-state index in [9.17, 15) is 33.1 Å². The number of benzene rings is 1. The van der Waals surface area contributed by atoms with Crippen LogP contribution in [0.25, 0.3) is 0 Å². The number of nitrogens with one attached hydrogen (secondary N) is 1. The number of carbonyl (C=O) groups is 2. The van der Waals surface area contributed by atoms with Gasteiger partial charge in [-0.2, -0.15) is 18.4 Å². The number of halogens is 3. The monoisotopic (exact) mass is 516 g/mol. The summed E-state index contributed by atoms with van der Waals surface area (Å²) in [7, 11) is 0. The molecule has 2 N–H and O–H groups in total. The summed E-state index contributed by atoms with van der Waals surface area (Å²) in [5.41, 5.74) is -3.82. The Hall–Kier alpha value is -2.86. The van der Waals surface area contributed by atoms with Crippen molar-refractivity contribution in [3.8, 4) is 6.07 Å². The molecule has 6 atom stereocenters. The second kappa shape index (κ2) is 8.32. The molecule has 198 valence electrons. The van der Waals surface area contributed by atoms with Crippen molar-refractivity contribution in [2.24, 2.45) is 22.7 Å². The molecule has 2 bridgehead atoms. The lowest BCUT2D eigenvalue weighted by molar-refractivity contribution is -0.294. The third-order valence-corrected chi connectivity index (χ3v) is 9.93. The van der Waals surface area contributed by atoms with E-state index < -0.39 is 41.2 Å². The molecule has 0 saturated heterocycles. The minimum Gasteiger partial charge on any atom is -0.461 e. The fraction of sp³-hybridized carbons (Fsp3) is 0.607. The van der Waals surface area contributed by atoms with E-state index in [0.29, 0.717) is 12.8 Å². The number of nitrogens with zero attached hydrogens (tertiary/aromatic N) is 1. The summed E-state index contributed by atoms with van der Waals surface area (Å²) >= 11 is 0. The van der Waals surface area contributed by atoms with Crippen molar-refractivity contribution in [3.05, 3.63) is 46.7 Å². The highest BCUT2D eigenvalue weighted by Gasteiger charge is 2.69. The van der Waals surface area contributed by atoms with E-state index in [1.165, 1.54) is 24.3 Å². The number of ether oxygens (including phenoxy) is 1. The van der Waals surface area contributed by atoms with Crippen LogP contribution in [-0.4, -0.2) is 34.9 Å². The number of ketones is 1. The third kappa shape index (κ3) is 3.63. The lowest BCUT2D eigenvalue weighted by Gasteiger charge is -2.48. The number of alkyl halides is 3. The van der Waals surface area contributed by atoms with Gasteiger partial charge in [-0.05, 0) is 61.1 Å². The Labute approximate surface area is 213 Å². The van der Waals surface area contributed by atoms with Gasteiger partial charge in [-0.25, -0.2) is 0 Å². The molecule has 4 aliphatic rings. The number of aliphatic hydroxyl groups is 1. The molecule has 2 fully saturated rings. The largest absolute Gasteiger partial charge is 0.461 e. The van der Waals surface area contributed by atoms with Crippen molar-refractivity contribution in [1.29, 1.82) is 5.26 Å². The molecular formula is C28H31F3N2O4. The summed E-state index contributed by atoms with van der Waals surface area (Å²) in [6.07, 6.45) is -2.98. The van der Waals surface area contributed by atoms with E-state index in [0.717, 1.165) is 12.8 Å². The summed E-state index contributed by atoms with van der Waals surface area (Å²) in [5.74, 6) is -4.89. The van der Waals surface area contributed by atoms with Gasteiger partial charge < -0.3 is 15.2 Å². The van der Waals surface area contributed by atoms with Crippen molar-refractivity contribution in [3.63, 3.8) is 0 Å². The molecule has 3 aliphatic carbocycles. The average molecular weight is 517 g/mol. The molecule has 0 aromatic heterocycles. The second-order valence-corrected chi connectivity index (χ2v) is 11.8. The van der Waals surface area contributed by atoms with E-state index in [1.54, 1.807) is 0 Å². The highest BCUT2D eigenvalue weighted by molar-refractivity contribution is 6.00. The summed E-state index contributed by atoms with van der Waals surface area (Å²) in [4.78, 5) is 26.9. The number of esters is 1. The summed E-state index contributed by atoms with van der Waals surface area (Å²) in [6, 6.07) is 7.81. The Morgan fingerprint density at radius 3 is 2.57 bits per heavy atom. The molecule has 1 heterocycles. The molecule has 0 spiro atoms. The lowest BCUT2D eigenvalue weighted by Crippen LogP contribution is -2.68. The van der Waals surface area contributed by atoms with Crippen LogP contribution in [0.5, 0.6) is 0 Å². The van der Waals surface area contributed by atoms with Crippen molar-refractivity contribution in [1.82, 2.24) is 5.32 Å². The van der Waals surface area contributed by atoms with Crippen molar-refractivity contribution in [2.45, 2.75) is 83.2 Å². The van der Waals surface area contributed by atoms with Gasteiger partial charge >= 0.3 is 12.1 Å². The second-order valence-electron chi connectivity index (χ2n) is 11.8. The first-order valence-electron chi connectivity index (χ1n) is 12.8.